The van der Waals surface area contributed by atoms with Crippen molar-refractivity contribution in [1.29, 1.82) is 0 Å². The minimum absolute atomic E-state index is 0.0649. The number of aromatic nitrogens is 3. The molecule has 3 aromatic heterocycles. The number of hydrogen-bond acceptors (Lipinski definition) is 4. The third-order valence-electron chi connectivity index (χ3n) is 6.09. The smallest absolute Gasteiger partial charge is 0.251 e. The molecule has 1 fully saturated rings. The Labute approximate surface area is 169 Å². The molecular formula is C24H24N4O. The van der Waals surface area contributed by atoms with Crippen LogP contribution in [0.5, 0.6) is 0 Å². The van der Waals surface area contributed by atoms with Crippen LogP contribution in [0.15, 0.2) is 59.7 Å². The van der Waals surface area contributed by atoms with Crippen molar-refractivity contribution in [3.05, 3.63) is 65.2 Å². The number of hydrogen-bond donors (Lipinski definition) is 1. The molecule has 1 saturated carbocycles. The quantitative estimate of drug-likeness (QED) is 0.516. The number of fused-ring (bicyclic) bond motifs is 3. The van der Waals surface area contributed by atoms with Crippen LogP contribution in [0.2, 0.25) is 0 Å². The van der Waals surface area contributed by atoms with Gasteiger partial charge in [-0.1, -0.05) is 25.3 Å². The normalized spacial score (nSPS) is 15.2. The molecule has 0 aliphatic heterocycles. The fraction of sp³-hybridized carbons (Fsp3) is 0.292. The molecule has 3 heterocycles. The Kier molecular flexibility index (Phi) is 4.51. The van der Waals surface area contributed by atoms with Crippen LogP contribution in [0.4, 0.5) is 5.82 Å². The third kappa shape index (κ3) is 3.37. The first-order valence-corrected chi connectivity index (χ1v) is 10.3. The van der Waals surface area contributed by atoms with E-state index in [1.165, 1.54) is 32.1 Å². The highest BCUT2D eigenvalue weighted by atomic mass is 16.1. The lowest BCUT2D eigenvalue weighted by Crippen LogP contribution is -2.25. The second-order valence-corrected chi connectivity index (χ2v) is 8.05. The van der Waals surface area contributed by atoms with Crippen molar-refractivity contribution >= 4 is 27.6 Å². The zero-order valence-corrected chi connectivity index (χ0v) is 16.3. The molecule has 4 aromatic rings. The number of anilines is 1. The largest absolute Gasteiger partial charge is 0.384 e. The Morgan fingerprint density at radius 2 is 1.76 bits per heavy atom. The number of pyridine rings is 3. The topological polar surface area (TPSA) is 73.8 Å². The maximum absolute atomic E-state index is 12.9. The third-order valence-corrected chi connectivity index (χ3v) is 6.09. The van der Waals surface area contributed by atoms with E-state index in [0.29, 0.717) is 11.7 Å². The fourth-order valence-corrected chi connectivity index (χ4v) is 4.54. The predicted octanol–water partition coefficient (Wildman–Crippen LogP) is 4.77. The van der Waals surface area contributed by atoms with Gasteiger partial charge in [-0.3, -0.25) is 9.78 Å². The number of nitrogens with two attached hydrogens (primary N) is 1. The van der Waals surface area contributed by atoms with Gasteiger partial charge in [0.1, 0.15) is 5.82 Å². The van der Waals surface area contributed by atoms with Gasteiger partial charge in [0.15, 0.2) is 0 Å². The van der Waals surface area contributed by atoms with Crippen LogP contribution in [0, 0.1) is 5.92 Å². The molecule has 0 saturated heterocycles. The summed E-state index contributed by atoms with van der Waals surface area (Å²) in [6, 6.07) is 13.5. The first-order chi connectivity index (χ1) is 14.2. The van der Waals surface area contributed by atoms with Crippen molar-refractivity contribution in [2.24, 2.45) is 5.92 Å². The summed E-state index contributed by atoms with van der Waals surface area (Å²) in [6.45, 7) is 0.781. The van der Waals surface area contributed by atoms with Gasteiger partial charge in [0.2, 0.25) is 0 Å². The Hall–Kier alpha value is -3.21. The van der Waals surface area contributed by atoms with Crippen LogP contribution < -0.4 is 11.3 Å². The summed E-state index contributed by atoms with van der Waals surface area (Å²) in [5.74, 6) is 1.07. The van der Waals surface area contributed by atoms with E-state index in [1.54, 1.807) is 18.3 Å². The molecule has 0 amide bonds. The Balaban J connectivity index is 1.71. The molecule has 0 spiro atoms. The molecule has 146 valence electrons. The van der Waals surface area contributed by atoms with E-state index in [9.17, 15) is 4.79 Å². The average Bonchev–Trinajstić information content (AvgIpc) is 2.76. The zero-order chi connectivity index (χ0) is 19.8. The zero-order valence-electron chi connectivity index (χ0n) is 16.3. The highest BCUT2D eigenvalue weighted by molar-refractivity contribution is 6.04. The molecule has 1 aromatic carbocycles. The number of benzene rings is 1. The van der Waals surface area contributed by atoms with Gasteiger partial charge in [0.25, 0.3) is 5.56 Å². The minimum Gasteiger partial charge on any atom is -0.384 e. The predicted molar refractivity (Wildman–Crippen MR) is 118 cm³/mol. The lowest BCUT2D eigenvalue weighted by atomic mass is 9.89. The lowest BCUT2D eigenvalue weighted by molar-refractivity contribution is 0.320. The first-order valence-electron chi connectivity index (χ1n) is 10.3. The van der Waals surface area contributed by atoms with Crippen molar-refractivity contribution in [3.63, 3.8) is 0 Å². The average molecular weight is 384 g/mol. The summed E-state index contributed by atoms with van der Waals surface area (Å²) in [4.78, 5) is 21.7. The summed E-state index contributed by atoms with van der Waals surface area (Å²) in [6.07, 6.45) is 9.90. The molecule has 5 heteroatoms. The number of nitrogen functional groups attached to an aromatic ring is 1. The van der Waals surface area contributed by atoms with E-state index in [-0.39, 0.29) is 5.56 Å². The highest BCUT2D eigenvalue weighted by Crippen LogP contribution is 2.30. The second-order valence-electron chi connectivity index (χ2n) is 8.05. The van der Waals surface area contributed by atoms with Gasteiger partial charge in [-0.05, 0) is 54.7 Å². The Bertz CT molecular complexity index is 1240. The molecule has 0 bridgehead atoms. The van der Waals surface area contributed by atoms with Gasteiger partial charge in [-0.2, -0.15) is 0 Å². The van der Waals surface area contributed by atoms with Crippen molar-refractivity contribution in [2.45, 2.75) is 38.6 Å². The summed E-state index contributed by atoms with van der Waals surface area (Å²) in [5.41, 5.74) is 9.72. The van der Waals surface area contributed by atoms with Gasteiger partial charge < -0.3 is 10.3 Å². The number of rotatable bonds is 3. The lowest BCUT2D eigenvalue weighted by Gasteiger charge is -2.23. The van der Waals surface area contributed by atoms with Gasteiger partial charge in [0.05, 0.1) is 11.0 Å². The van der Waals surface area contributed by atoms with E-state index in [0.717, 1.165) is 39.5 Å². The summed E-state index contributed by atoms with van der Waals surface area (Å²) < 4.78 is 1.97. The summed E-state index contributed by atoms with van der Waals surface area (Å²) in [5, 5.41) is 2.01. The van der Waals surface area contributed by atoms with Crippen molar-refractivity contribution in [3.8, 4) is 11.1 Å². The van der Waals surface area contributed by atoms with Crippen LogP contribution in [0.3, 0.4) is 0 Å². The Morgan fingerprint density at radius 1 is 0.931 bits per heavy atom. The van der Waals surface area contributed by atoms with E-state index < -0.39 is 0 Å². The van der Waals surface area contributed by atoms with Crippen LogP contribution in [-0.4, -0.2) is 14.5 Å². The summed E-state index contributed by atoms with van der Waals surface area (Å²) in [7, 11) is 0. The van der Waals surface area contributed by atoms with Gasteiger partial charge in [-0.25, -0.2) is 4.98 Å². The van der Waals surface area contributed by atoms with E-state index in [1.807, 2.05) is 35.0 Å². The maximum Gasteiger partial charge on any atom is 0.251 e. The SMILES string of the molecule is Nc1ccc(-c2ccc3ncc4ccc(=O)n(CC5CCCCC5)c4c3c2)cn1. The standard InChI is InChI=1S/C24H24N4O/c25-22-10-7-18(13-27-22)17-6-9-21-20(12-17)24-19(14-26-21)8-11-23(29)28(24)15-16-4-2-1-3-5-16/h6-14,16H,1-5,15H2,(H2,25,27). The van der Waals surface area contributed by atoms with E-state index >= 15 is 0 Å². The van der Waals surface area contributed by atoms with Gasteiger partial charge in [-0.15, -0.1) is 0 Å². The second kappa shape index (κ2) is 7.32. The monoisotopic (exact) mass is 384 g/mol. The van der Waals surface area contributed by atoms with Crippen molar-refractivity contribution < 1.29 is 0 Å². The van der Waals surface area contributed by atoms with Gasteiger partial charge in [0, 0.05) is 41.3 Å². The molecule has 5 rings (SSSR count). The van der Waals surface area contributed by atoms with E-state index in [4.69, 9.17) is 5.73 Å². The highest BCUT2D eigenvalue weighted by Gasteiger charge is 2.17. The van der Waals surface area contributed by atoms with Crippen molar-refractivity contribution in [1.82, 2.24) is 14.5 Å². The molecule has 1 aliphatic carbocycles. The molecule has 0 unspecified atom stereocenters. The molecule has 2 N–H and O–H groups in total. The van der Waals surface area contributed by atoms with Crippen molar-refractivity contribution in [2.75, 3.05) is 5.73 Å². The Morgan fingerprint density at radius 3 is 2.55 bits per heavy atom. The van der Waals surface area contributed by atoms with E-state index in [2.05, 4.69) is 16.0 Å². The summed E-state index contributed by atoms with van der Waals surface area (Å²) >= 11 is 0. The molecule has 5 nitrogen and oxygen atoms in total. The molecular weight excluding hydrogens is 360 g/mol. The van der Waals surface area contributed by atoms with Crippen LogP contribution in [-0.2, 0) is 6.54 Å². The van der Waals surface area contributed by atoms with Crippen LogP contribution in [0.25, 0.3) is 32.9 Å². The van der Waals surface area contributed by atoms with Crippen LogP contribution in [0.1, 0.15) is 32.1 Å². The minimum atomic E-state index is 0.0649. The maximum atomic E-state index is 12.9. The molecule has 29 heavy (non-hydrogen) atoms. The fourth-order valence-electron chi connectivity index (χ4n) is 4.54. The molecule has 0 atom stereocenters. The molecule has 0 radical (unpaired) electrons. The van der Waals surface area contributed by atoms with Crippen LogP contribution >= 0.6 is 0 Å². The first kappa shape index (κ1) is 17.9. The molecule has 1 aliphatic rings. The van der Waals surface area contributed by atoms with Gasteiger partial charge >= 0.3 is 0 Å². The number of nitrogens with zero attached hydrogens (tertiary/aromatic N) is 3.